The highest BCUT2D eigenvalue weighted by Gasteiger charge is 2.23. The van der Waals surface area contributed by atoms with Gasteiger partial charge in [-0.1, -0.05) is 19.3 Å². The smallest absolute Gasteiger partial charge is 0.242 e. The van der Waals surface area contributed by atoms with E-state index in [2.05, 4.69) is 5.32 Å². The van der Waals surface area contributed by atoms with E-state index >= 15 is 0 Å². The van der Waals surface area contributed by atoms with Crippen LogP contribution in [0.3, 0.4) is 0 Å². The molecule has 0 bridgehead atoms. The van der Waals surface area contributed by atoms with E-state index in [1.807, 2.05) is 0 Å². The van der Waals surface area contributed by atoms with Gasteiger partial charge in [-0.05, 0) is 30.5 Å². The van der Waals surface area contributed by atoms with E-state index in [9.17, 15) is 4.79 Å². The minimum absolute atomic E-state index is 0.154. The summed E-state index contributed by atoms with van der Waals surface area (Å²) in [5.74, 6) is 1.10. The van der Waals surface area contributed by atoms with Gasteiger partial charge in [0.15, 0.2) is 0 Å². The molecule has 0 heterocycles. The lowest BCUT2D eigenvalue weighted by Gasteiger charge is -2.24. The second-order valence-corrected chi connectivity index (χ2v) is 5.79. The third kappa shape index (κ3) is 4.27. The molecule has 0 aromatic heterocycles. The van der Waals surface area contributed by atoms with Crippen molar-refractivity contribution in [3.63, 3.8) is 0 Å². The first-order valence-corrected chi connectivity index (χ1v) is 7.75. The lowest BCUT2D eigenvalue weighted by Crippen LogP contribution is -2.38. The Bertz CT molecular complexity index is 464. The van der Waals surface area contributed by atoms with Crippen LogP contribution in [0.2, 0.25) is 0 Å². The first kappa shape index (κ1) is 16.0. The van der Waals surface area contributed by atoms with Crippen LogP contribution < -0.4 is 14.8 Å². The van der Waals surface area contributed by atoms with Crippen molar-refractivity contribution in [3.8, 4) is 11.5 Å². The molecule has 0 aliphatic heterocycles. The van der Waals surface area contributed by atoms with Crippen LogP contribution in [0.25, 0.3) is 0 Å². The minimum Gasteiger partial charge on any atom is -0.497 e. The van der Waals surface area contributed by atoms with Crippen LogP contribution in [0.4, 0.5) is 0 Å². The zero-order valence-electron chi connectivity index (χ0n) is 12.5. The number of hydrogen-bond acceptors (Lipinski definition) is 3. The Morgan fingerprint density at radius 3 is 2.24 bits per heavy atom. The van der Waals surface area contributed by atoms with Gasteiger partial charge < -0.3 is 14.8 Å². The fourth-order valence-electron chi connectivity index (χ4n) is 2.65. The molecule has 4 nitrogen and oxygen atoms in total. The number of carbonyl (C=O) groups excluding carboxylic acids is 1. The summed E-state index contributed by atoms with van der Waals surface area (Å²) in [6.07, 6.45) is 5.67. The van der Waals surface area contributed by atoms with Crippen LogP contribution in [0, 0.1) is 0 Å². The molecule has 0 saturated heterocycles. The van der Waals surface area contributed by atoms with Crippen molar-refractivity contribution < 1.29 is 14.3 Å². The second-order valence-electron chi connectivity index (χ2n) is 5.35. The normalized spacial score (nSPS) is 17.1. The Balaban J connectivity index is 2.07. The molecule has 5 heteroatoms. The molecule has 1 unspecified atom stereocenters. The molecule has 116 valence electrons. The summed E-state index contributed by atoms with van der Waals surface area (Å²) >= 11 is 6.31. The lowest BCUT2D eigenvalue weighted by atomic mass is 9.95. The van der Waals surface area contributed by atoms with Crippen molar-refractivity contribution in [2.75, 3.05) is 14.2 Å². The highest BCUT2D eigenvalue weighted by Crippen LogP contribution is 2.30. The van der Waals surface area contributed by atoms with Gasteiger partial charge in [0.2, 0.25) is 5.91 Å². The molecule has 1 aromatic rings. The molecule has 1 N–H and O–H groups in total. The molecule has 1 amide bonds. The first-order chi connectivity index (χ1) is 10.1. The number of rotatable bonds is 5. The van der Waals surface area contributed by atoms with E-state index in [1.165, 1.54) is 19.3 Å². The van der Waals surface area contributed by atoms with Gasteiger partial charge in [0, 0.05) is 12.1 Å². The average molecular weight is 312 g/mol. The zero-order chi connectivity index (χ0) is 15.2. The molecule has 1 saturated carbocycles. The maximum Gasteiger partial charge on any atom is 0.242 e. The highest BCUT2D eigenvalue weighted by molar-refractivity contribution is 6.30. The van der Waals surface area contributed by atoms with E-state index < -0.39 is 5.38 Å². The van der Waals surface area contributed by atoms with Gasteiger partial charge in [0.05, 0.1) is 14.2 Å². The summed E-state index contributed by atoms with van der Waals surface area (Å²) in [7, 11) is 3.15. The number of nitrogens with one attached hydrogen (secondary N) is 1. The molecule has 1 aliphatic carbocycles. The van der Waals surface area contributed by atoms with Crippen LogP contribution in [0.15, 0.2) is 18.2 Å². The number of carbonyl (C=O) groups is 1. The van der Waals surface area contributed by atoms with E-state index in [0.29, 0.717) is 17.1 Å². The minimum atomic E-state index is -0.740. The van der Waals surface area contributed by atoms with E-state index in [-0.39, 0.29) is 11.9 Å². The maximum absolute atomic E-state index is 12.3. The van der Waals surface area contributed by atoms with Crippen LogP contribution >= 0.6 is 11.6 Å². The van der Waals surface area contributed by atoms with Gasteiger partial charge in [-0.15, -0.1) is 11.6 Å². The Labute approximate surface area is 130 Å². The summed E-state index contributed by atoms with van der Waals surface area (Å²) in [5, 5.41) is 2.30. The summed E-state index contributed by atoms with van der Waals surface area (Å²) in [4.78, 5) is 12.3. The molecule has 1 atom stereocenters. The molecule has 0 radical (unpaired) electrons. The second kappa shape index (κ2) is 7.55. The van der Waals surface area contributed by atoms with Crippen LogP contribution in [0.5, 0.6) is 11.5 Å². The molecule has 21 heavy (non-hydrogen) atoms. The van der Waals surface area contributed by atoms with Crippen molar-refractivity contribution in [1.82, 2.24) is 5.32 Å². The van der Waals surface area contributed by atoms with Crippen LogP contribution in [-0.2, 0) is 4.79 Å². The number of hydrogen-bond donors (Lipinski definition) is 1. The van der Waals surface area contributed by atoms with Crippen molar-refractivity contribution >= 4 is 17.5 Å². The number of benzene rings is 1. The van der Waals surface area contributed by atoms with Crippen molar-refractivity contribution in [2.24, 2.45) is 0 Å². The van der Waals surface area contributed by atoms with Crippen molar-refractivity contribution in [3.05, 3.63) is 23.8 Å². The first-order valence-electron chi connectivity index (χ1n) is 7.31. The number of amides is 1. The lowest BCUT2D eigenvalue weighted by molar-refractivity contribution is -0.121. The quantitative estimate of drug-likeness (QED) is 0.847. The standard InChI is InChI=1S/C16H22ClNO3/c1-20-13-8-11(9-14(10-13)21-2)15(17)16(19)18-12-6-4-3-5-7-12/h8-10,12,15H,3-7H2,1-2H3,(H,18,19). The van der Waals surface area contributed by atoms with E-state index in [4.69, 9.17) is 21.1 Å². The number of ether oxygens (including phenoxy) is 2. The van der Waals surface area contributed by atoms with Crippen LogP contribution in [-0.4, -0.2) is 26.2 Å². The SMILES string of the molecule is COc1cc(OC)cc(C(Cl)C(=O)NC2CCCCC2)c1. The predicted molar refractivity (Wildman–Crippen MR) is 83.2 cm³/mol. The summed E-state index contributed by atoms with van der Waals surface area (Å²) in [5.41, 5.74) is 0.682. The fraction of sp³-hybridized carbons (Fsp3) is 0.562. The Kier molecular flexibility index (Phi) is 5.74. The van der Waals surface area contributed by atoms with Gasteiger partial charge in [-0.25, -0.2) is 0 Å². The topological polar surface area (TPSA) is 47.6 Å². The Morgan fingerprint density at radius 2 is 1.71 bits per heavy atom. The van der Waals surface area contributed by atoms with Gasteiger partial charge in [0.1, 0.15) is 16.9 Å². The maximum atomic E-state index is 12.3. The Hall–Kier alpha value is -1.42. The molecule has 2 rings (SSSR count). The van der Waals surface area contributed by atoms with Crippen molar-refractivity contribution in [2.45, 2.75) is 43.5 Å². The molecule has 1 aliphatic rings. The number of methoxy groups -OCH3 is 2. The fourth-order valence-corrected chi connectivity index (χ4v) is 2.84. The molecular weight excluding hydrogens is 290 g/mol. The van der Waals surface area contributed by atoms with Crippen molar-refractivity contribution in [1.29, 1.82) is 0 Å². The summed E-state index contributed by atoms with van der Waals surface area (Å²) in [6.45, 7) is 0. The number of halogens is 1. The summed E-state index contributed by atoms with van der Waals surface area (Å²) < 4.78 is 10.4. The van der Waals surface area contributed by atoms with Gasteiger partial charge in [-0.2, -0.15) is 0 Å². The van der Waals surface area contributed by atoms with Crippen LogP contribution in [0.1, 0.15) is 43.0 Å². The third-order valence-electron chi connectivity index (χ3n) is 3.85. The monoisotopic (exact) mass is 311 g/mol. The molecular formula is C16H22ClNO3. The van der Waals surface area contributed by atoms with Gasteiger partial charge >= 0.3 is 0 Å². The molecule has 0 spiro atoms. The van der Waals surface area contributed by atoms with E-state index in [0.717, 1.165) is 12.8 Å². The largest absolute Gasteiger partial charge is 0.497 e. The van der Waals surface area contributed by atoms with E-state index in [1.54, 1.807) is 32.4 Å². The zero-order valence-corrected chi connectivity index (χ0v) is 13.3. The highest BCUT2D eigenvalue weighted by atomic mass is 35.5. The Morgan fingerprint density at radius 1 is 1.14 bits per heavy atom. The van der Waals surface area contributed by atoms with Gasteiger partial charge in [0.25, 0.3) is 0 Å². The summed E-state index contributed by atoms with van der Waals surface area (Å²) in [6, 6.07) is 5.54. The predicted octanol–water partition coefficient (Wildman–Crippen LogP) is 3.43. The average Bonchev–Trinajstić information content (AvgIpc) is 2.54. The molecule has 1 fully saturated rings. The molecule has 1 aromatic carbocycles. The van der Waals surface area contributed by atoms with Gasteiger partial charge in [-0.3, -0.25) is 4.79 Å². The third-order valence-corrected chi connectivity index (χ3v) is 4.30. The number of alkyl halides is 1.